The molecule has 1 heterocycles. The summed E-state index contributed by atoms with van der Waals surface area (Å²) in [5.41, 5.74) is 5.45. The lowest BCUT2D eigenvalue weighted by Crippen LogP contribution is -2.49. The molecular weight excluding hydrogens is 204 g/mol. The van der Waals surface area contributed by atoms with Crippen LogP contribution >= 0.6 is 0 Å². The summed E-state index contributed by atoms with van der Waals surface area (Å²) in [5.74, 6) is 0.168. The fourth-order valence-corrected chi connectivity index (χ4v) is 1.50. The minimum absolute atomic E-state index is 0.168. The van der Waals surface area contributed by atoms with Crippen molar-refractivity contribution in [3.05, 3.63) is 0 Å². The summed E-state index contributed by atoms with van der Waals surface area (Å²) >= 11 is 0. The molecule has 3 N–H and O–H groups in total. The normalized spacial score (nSPS) is 16.6. The zero-order chi connectivity index (χ0) is 12.4. The second-order valence-electron chi connectivity index (χ2n) is 3.76. The van der Waals surface area contributed by atoms with Gasteiger partial charge in [0.25, 0.3) is 0 Å². The molecular formula is C11H26N4O. The topological polar surface area (TPSA) is 61.6 Å². The lowest BCUT2D eigenvalue weighted by atomic mass is 10.3. The predicted molar refractivity (Wildman–Crippen MR) is 67.1 cm³/mol. The maximum Gasteiger partial charge on any atom is 0.219 e. The van der Waals surface area contributed by atoms with Crippen LogP contribution in [0.5, 0.6) is 0 Å². The number of carbonyl (C=O) groups is 1. The molecule has 0 atom stereocenters. The number of nitrogens with one attached hydrogen (secondary N) is 1. The molecule has 0 spiro atoms. The van der Waals surface area contributed by atoms with Crippen LogP contribution in [-0.4, -0.2) is 61.6 Å². The van der Waals surface area contributed by atoms with E-state index in [9.17, 15) is 4.79 Å². The quantitative estimate of drug-likeness (QED) is 0.698. The third kappa shape index (κ3) is 6.76. The van der Waals surface area contributed by atoms with Crippen molar-refractivity contribution in [2.75, 3.05) is 45.9 Å². The lowest BCUT2D eigenvalue weighted by Gasteiger charge is -2.33. The van der Waals surface area contributed by atoms with Crippen molar-refractivity contribution >= 4 is 5.91 Å². The van der Waals surface area contributed by atoms with Gasteiger partial charge < -0.3 is 16.0 Å². The number of piperazine rings is 1. The monoisotopic (exact) mass is 230 g/mol. The maximum atomic E-state index is 10.9. The number of nitrogens with zero attached hydrogens (tertiary/aromatic N) is 2. The van der Waals surface area contributed by atoms with Gasteiger partial charge in [0.1, 0.15) is 0 Å². The van der Waals surface area contributed by atoms with E-state index in [0.717, 1.165) is 39.3 Å². The van der Waals surface area contributed by atoms with Crippen LogP contribution in [-0.2, 0) is 4.79 Å². The number of rotatable bonds is 3. The Kier molecular flexibility index (Phi) is 9.18. The van der Waals surface area contributed by atoms with Crippen molar-refractivity contribution in [3.63, 3.8) is 0 Å². The fraction of sp³-hybridized carbons (Fsp3) is 0.909. The van der Waals surface area contributed by atoms with Crippen LogP contribution in [0.4, 0.5) is 0 Å². The largest absolute Gasteiger partial charge is 0.340 e. The van der Waals surface area contributed by atoms with Gasteiger partial charge in [-0.2, -0.15) is 0 Å². The van der Waals surface area contributed by atoms with Gasteiger partial charge in [0.05, 0.1) is 0 Å². The molecule has 0 aromatic carbocycles. The summed E-state index contributed by atoms with van der Waals surface area (Å²) in [5, 5.41) is 3.11. The van der Waals surface area contributed by atoms with Crippen LogP contribution < -0.4 is 11.1 Å². The van der Waals surface area contributed by atoms with Crippen LogP contribution in [0.2, 0.25) is 0 Å². The minimum atomic E-state index is 0.168. The van der Waals surface area contributed by atoms with E-state index < -0.39 is 0 Å². The number of nitrogens with two attached hydrogens (primary N) is 1. The Labute approximate surface area is 99.0 Å². The molecule has 1 saturated heterocycles. The molecule has 16 heavy (non-hydrogen) atoms. The van der Waals surface area contributed by atoms with Crippen LogP contribution in [0, 0.1) is 0 Å². The Morgan fingerprint density at radius 2 is 1.69 bits per heavy atom. The standard InChI is InChI=1S/C7H15N3O.C4H11N/c1-7(11)10-4-2-9(6-8)3-5-10;1-3-5-4-2/h2-6,8H2,1H3;5H,3-4H2,1-2H3. The van der Waals surface area contributed by atoms with E-state index in [2.05, 4.69) is 24.1 Å². The first kappa shape index (κ1) is 15.3. The summed E-state index contributed by atoms with van der Waals surface area (Å²) < 4.78 is 0. The third-order valence-corrected chi connectivity index (χ3v) is 2.58. The summed E-state index contributed by atoms with van der Waals surface area (Å²) in [6, 6.07) is 0. The predicted octanol–water partition coefficient (Wildman–Crippen LogP) is -0.317. The van der Waals surface area contributed by atoms with Crippen molar-refractivity contribution in [1.29, 1.82) is 0 Å². The summed E-state index contributed by atoms with van der Waals surface area (Å²) in [6.07, 6.45) is 0. The second kappa shape index (κ2) is 9.57. The van der Waals surface area contributed by atoms with E-state index in [4.69, 9.17) is 5.73 Å². The van der Waals surface area contributed by atoms with Crippen molar-refractivity contribution in [2.24, 2.45) is 5.73 Å². The van der Waals surface area contributed by atoms with Gasteiger partial charge in [-0.05, 0) is 13.1 Å². The number of amides is 1. The van der Waals surface area contributed by atoms with Gasteiger partial charge in [0.15, 0.2) is 0 Å². The zero-order valence-electron chi connectivity index (χ0n) is 10.8. The maximum absolute atomic E-state index is 10.9. The molecule has 0 radical (unpaired) electrons. The summed E-state index contributed by atoms with van der Waals surface area (Å²) in [6.45, 7) is 12.1. The Bertz CT molecular complexity index is 177. The summed E-state index contributed by atoms with van der Waals surface area (Å²) in [7, 11) is 0. The van der Waals surface area contributed by atoms with E-state index in [1.165, 1.54) is 0 Å². The smallest absolute Gasteiger partial charge is 0.219 e. The van der Waals surface area contributed by atoms with Gasteiger partial charge >= 0.3 is 0 Å². The molecule has 1 amide bonds. The Hall–Kier alpha value is -0.650. The molecule has 5 nitrogen and oxygen atoms in total. The Balaban J connectivity index is 0.000000385. The average Bonchev–Trinajstić information content (AvgIpc) is 2.31. The average molecular weight is 230 g/mol. The van der Waals surface area contributed by atoms with Crippen molar-refractivity contribution < 1.29 is 4.79 Å². The Morgan fingerprint density at radius 1 is 1.19 bits per heavy atom. The van der Waals surface area contributed by atoms with E-state index in [-0.39, 0.29) is 5.91 Å². The molecule has 0 unspecified atom stereocenters. The van der Waals surface area contributed by atoms with E-state index in [1.807, 2.05) is 4.90 Å². The van der Waals surface area contributed by atoms with E-state index >= 15 is 0 Å². The van der Waals surface area contributed by atoms with Crippen LogP contribution in [0.25, 0.3) is 0 Å². The van der Waals surface area contributed by atoms with Gasteiger partial charge in [-0.15, -0.1) is 0 Å². The highest BCUT2D eigenvalue weighted by Gasteiger charge is 2.16. The Morgan fingerprint density at radius 3 is 1.94 bits per heavy atom. The molecule has 1 aliphatic rings. The zero-order valence-corrected chi connectivity index (χ0v) is 10.8. The highest BCUT2D eigenvalue weighted by molar-refractivity contribution is 5.73. The first-order valence-corrected chi connectivity index (χ1v) is 6.04. The van der Waals surface area contributed by atoms with Crippen LogP contribution in [0.15, 0.2) is 0 Å². The molecule has 0 saturated carbocycles. The third-order valence-electron chi connectivity index (χ3n) is 2.58. The highest BCUT2D eigenvalue weighted by Crippen LogP contribution is 1.99. The van der Waals surface area contributed by atoms with Gasteiger partial charge in [-0.3, -0.25) is 9.69 Å². The molecule has 1 aliphatic heterocycles. The van der Waals surface area contributed by atoms with Gasteiger partial charge in [0, 0.05) is 39.8 Å². The summed E-state index contributed by atoms with van der Waals surface area (Å²) in [4.78, 5) is 14.9. The SMILES string of the molecule is CC(=O)N1CCN(CN)CC1.CCNCC. The van der Waals surface area contributed by atoms with E-state index in [0.29, 0.717) is 6.67 Å². The van der Waals surface area contributed by atoms with E-state index in [1.54, 1.807) is 6.92 Å². The second-order valence-corrected chi connectivity index (χ2v) is 3.76. The van der Waals surface area contributed by atoms with Crippen molar-refractivity contribution in [1.82, 2.24) is 15.1 Å². The molecule has 1 fully saturated rings. The van der Waals surface area contributed by atoms with Crippen LogP contribution in [0.1, 0.15) is 20.8 Å². The first-order valence-electron chi connectivity index (χ1n) is 6.04. The van der Waals surface area contributed by atoms with Crippen molar-refractivity contribution in [3.8, 4) is 0 Å². The molecule has 0 bridgehead atoms. The molecule has 5 heteroatoms. The first-order chi connectivity index (χ1) is 7.65. The molecule has 1 rings (SSSR count). The number of hydrogen-bond donors (Lipinski definition) is 2. The van der Waals surface area contributed by atoms with Gasteiger partial charge in [0.2, 0.25) is 5.91 Å². The minimum Gasteiger partial charge on any atom is -0.340 e. The van der Waals surface area contributed by atoms with Gasteiger partial charge in [-0.1, -0.05) is 13.8 Å². The van der Waals surface area contributed by atoms with Gasteiger partial charge in [-0.25, -0.2) is 0 Å². The lowest BCUT2D eigenvalue weighted by molar-refractivity contribution is -0.130. The highest BCUT2D eigenvalue weighted by atomic mass is 16.2. The number of carbonyl (C=O) groups excluding carboxylic acids is 1. The molecule has 0 aromatic heterocycles. The van der Waals surface area contributed by atoms with Crippen molar-refractivity contribution in [2.45, 2.75) is 20.8 Å². The molecule has 0 aliphatic carbocycles. The fourth-order valence-electron chi connectivity index (χ4n) is 1.50. The van der Waals surface area contributed by atoms with Crippen LogP contribution in [0.3, 0.4) is 0 Å². The number of hydrogen-bond acceptors (Lipinski definition) is 4. The molecule has 96 valence electrons. The molecule has 0 aromatic rings.